The highest BCUT2D eigenvalue weighted by Crippen LogP contribution is 2.45. The molecule has 2 aliphatic heterocycles. The summed E-state index contributed by atoms with van der Waals surface area (Å²) in [6, 6.07) is 6.01. The van der Waals surface area contributed by atoms with E-state index in [0.717, 1.165) is 0 Å². The fraction of sp³-hybridized carbons (Fsp3) is 0.500. The van der Waals surface area contributed by atoms with E-state index in [-0.39, 0.29) is 18.2 Å². The lowest BCUT2D eigenvalue weighted by molar-refractivity contribution is -0.271. The molecule has 3 atom stereocenters. The quantitative estimate of drug-likeness (QED) is 0.332. The van der Waals surface area contributed by atoms with Crippen LogP contribution in [0.3, 0.4) is 0 Å². The third kappa shape index (κ3) is 6.95. The number of aromatic amines is 1. The zero-order chi connectivity index (χ0) is 31.0. The number of anilines is 1. The Bertz CT molecular complexity index is 1360. The Morgan fingerprint density at radius 1 is 0.977 bits per heavy atom. The topological polar surface area (TPSA) is 75.7 Å². The number of nitrogens with zero attached hydrogens (tertiary/aromatic N) is 4. The summed E-state index contributed by atoms with van der Waals surface area (Å²) in [7, 11) is 0. The molecule has 2 aromatic carbocycles. The van der Waals surface area contributed by atoms with Gasteiger partial charge in [-0.3, -0.25) is 10.00 Å². The SMILES string of the molecule is C[C@@H](O[C@@]1(C)OCCN(c2nn[nH]c2CN2CCOCC2)[C@H]1c1ccc(F)cc1)c1cc(C(F)(F)F)cc(C(F)(F)F)c1. The molecule has 8 nitrogen and oxygen atoms in total. The zero-order valence-corrected chi connectivity index (χ0v) is 23.3. The summed E-state index contributed by atoms with van der Waals surface area (Å²) < 4.78 is 113. The molecule has 15 heteroatoms. The van der Waals surface area contributed by atoms with E-state index >= 15 is 0 Å². The van der Waals surface area contributed by atoms with Crippen molar-refractivity contribution in [2.45, 2.75) is 50.7 Å². The van der Waals surface area contributed by atoms with Crippen molar-refractivity contribution in [3.05, 3.63) is 76.2 Å². The Balaban J connectivity index is 1.51. The molecular formula is C28H30F7N5O3. The molecule has 234 valence electrons. The van der Waals surface area contributed by atoms with E-state index in [4.69, 9.17) is 14.2 Å². The van der Waals surface area contributed by atoms with Crippen LogP contribution in [0.25, 0.3) is 0 Å². The van der Waals surface area contributed by atoms with Crippen LogP contribution in [0.2, 0.25) is 0 Å². The van der Waals surface area contributed by atoms with Gasteiger partial charge in [0.05, 0.1) is 42.7 Å². The molecule has 0 amide bonds. The summed E-state index contributed by atoms with van der Waals surface area (Å²) in [6.45, 7) is 6.27. The van der Waals surface area contributed by atoms with Gasteiger partial charge in [-0.2, -0.15) is 26.3 Å². The first-order chi connectivity index (χ1) is 20.2. The molecule has 0 aliphatic carbocycles. The number of rotatable bonds is 7. The van der Waals surface area contributed by atoms with Crippen LogP contribution in [0.1, 0.15) is 53.9 Å². The number of nitrogens with one attached hydrogen (secondary N) is 1. The monoisotopic (exact) mass is 617 g/mol. The predicted octanol–water partition coefficient (Wildman–Crippen LogP) is 5.89. The van der Waals surface area contributed by atoms with Gasteiger partial charge in [-0.15, -0.1) is 5.10 Å². The number of alkyl halides is 6. The van der Waals surface area contributed by atoms with Crippen molar-refractivity contribution >= 4 is 5.82 Å². The molecular weight excluding hydrogens is 587 g/mol. The van der Waals surface area contributed by atoms with Gasteiger partial charge in [0.1, 0.15) is 11.9 Å². The van der Waals surface area contributed by atoms with E-state index in [1.54, 1.807) is 6.92 Å². The highest BCUT2D eigenvalue weighted by Gasteiger charge is 2.48. The third-order valence-electron chi connectivity index (χ3n) is 7.56. The van der Waals surface area contributed by atoms with E-state index in [9.17, 15) is 30.7 Å². The molecule has 2 aliphatic rings. The minimum absolute atomic E-state index is 0.0681. The van der Waals surface area contributed by atoms with Crippen LogP contribution >= 0.6 is 0 Å². The van der Waals surface area contributed by atoms with Gasteiger partial charge in [0.25, 0.3) is 0 Å². The Morgan fingerprint density at radius 2 is 1.60 bits per heavy atom. The number of morpholine rings is 2. The van der Waals surface area contributed by atoms with Gasteiger partial charge >= 0.3 is 12.4 Å². The molecule has 3 aromatic rings. The van der Waals surface area contributed by atoms with Crippen LogP contribution < -0.4 is 4.90 Å². The van der Waals surface area contributed by atoms with Gasteiger partial charge in [0.15, 0.2) is 11.6 Å². The minimum Gasteiger partial charge on any atom is -0.379 e. The number of ether oxygens (including phenoxy) is 3. The maximum atomic E-state index is 13.9. The summed E-state index contributed by atoms with van der Waals surface area (Å²) in [5.41, 5.74) is -2.03. The van der Waals surface area contributed by atoms with Gasteiger partial charge in [0.2, 0.25) is 0 Å². The lowest BCUT2D eigenvalue weighted by Gasteiger charge is -2.49. The van der Waals surface area contributed by atoms with Gasteiger partial charge in [-0.05, 0) is 55.3 Å². The minimum atomic E-state index is -5.02. The molecule has 5 rings (SSSR count). The summed E-state index contributed by atoms with van der Waals surface area (Å²) in [6.07, 6.45) is -11.3. The third-order valence-corrected chi connectivity index (χ3v) is 7.56. The molecule has 0 saturated carbocycles. The van der Waals surface area contributed by atoms with E-state index < -0.39 is 47.2 Å². The van der Waals surface area contributed by atoms with Crippen molar-refractivity contribution in [3.63, 3.8) is 0 Å². The maximum absolute atomic E-state index is 13.9. The molecule has 1 N–H and O–H groups in total. The van der Waals surface area contributed by atoms with Gasteiger partial charge < -0.3 is 19.1 Å². The summed E-state index contributed by atoms with van der Waals surface area (Å²) in [5.74, 6) is -1.66. The number of hydrogen-bond acceptors (Lipinski definition) is 7. The first-order valence-electron chi connectivity index (χ1n) is 13.6. The zero-order valence-electron chi connectivity index (χ0n) is 23.3. The molecule has 3 heterocycles. The van der Waals surface area contributed by atoms with Crippen LogP contribution in [-0.4, -0.2) is 65.6 Å². The van der Waals surface area contributed by atoms with Crippen molar-refractivity contribution in [2.24, 2.45) is 0 Å². The Hall–Kier alpha value is -3.27. The van der Waals surface area contributed by atoms with Crippen LogP contribution in [-0.2, 0) is 33.1 Å². The van der Waals surface area contributed by atoms with E-state index in [1.165, 1.54) is 31.2 Å². The average molecular weight is 618 g/mol. The molecule has 0 spiro atoms. The van der Waals surface area contributed by atoms with Crippen molar-refractivity contribution in [1.82, 2.24) is 20.3 Å². The fourth-order valence-electron chi connectivity index (χ4n) is 5.49. The number of hydrogen-bond donors (Lipinski definition) is 1. The first-order valence-corrected chi connectivity index (χ1v) is 13.6. The number of aromatic nitrogens is 3. The Morgan fingerprint density at radius 3 is 2.21 bits per heavy atom. The molecule has 1 aromatic heterocycles. The largest absolute Gasteiger partial charge is 0.416 e. The van der Waals surface area contributed by atoms with Crippen molar-refractivity contribution in [2.75, 3.05) is 44.4 Å². The second kappa shape index (κ2) is 12.0. The molecule has 2 saturated heterocycles. The standard InChI is InChI=1S/C28H30F7N5O3/c1-17(19-13-20(27(30,31)32)15-21(14-19)28(33,34)35)43-26(2)24(18-3-5-22(29)6-4-18)40(9-12-42-26)25-23(36-38-37-25)16-39-7-10-41-11-8-39/h3-6,13-15,17,24H,7-12,16H2,1-2H3,(H,36,37,38)/t17-,24+,26-/m1/s1. The van der Waals surface area contributed by atoms with Crippen molar-refractivity contribution in [1.29, 1.82) is 0 Å². The molecule has 0 radical (unpaired) electrons. The van der Waals surface area contributed by atoms with Crippen LogP contribution in [0.5, 0.6) is 0 Å². The molecule has 2 fully saturated rings. The first kappa shape index (κ1) is 31.2. The number of halogens is 7. The smallest absolute Gasteiger partial charge is 0.379 e. The average Bonchev–Trinajstić information content (AvgIpc) is 3.40. The Labute approximate surface area is 242 Å². The summed E-state index contributed by atoms with van der Waals surface area (Å²) in [5, 5.41) is 11.2. The van der Waals surface area contributed by atoms with Gasteiger partial charge in [-0.1, -0.05) is 17.3 Å². The van der Waals surface area contributed by atoms with Crippen molar-refractivity contribution < 1.29 is 44.9 Å². The highest BCUT2D eigenvalue weighted by atomic mass is 19.4. The van der Waals surface area contributed by atoms with E-state index in [1.807, 2.05) is 4.90 Å². The molecule has 43 heavy (non-hydrogen) atoms. The van der Waals surface area contributed by atoms with Crippen LogP contribution in [0.15, 0.2) is 42.5 Å². The van der Waals surface area contributed by atoms with Gasteiger partial charge in [-0.25, -0.2) is 4.39 Å². The molecule has 0 bridgehead atoms. The van der Waals surface area contributed by atoms with Crippen LogP contribution in [0.4, 0.5) is 36.6 Å². The lowest BCUT2D eigenvalue weighted by atomic mass is 9.94. The van der Waals surface area contributed by atoms with E-state index in [0.29, 0.717) is 68.6 Å². The predicted molar refractivity (Wildman–Crippen MR) is 139 cm³/mol. The maximum Gasteiger partial charge on any atom is 0.416 e. The normalized spacial score (nSPS) is 23.0. The summed E-state index contributed by atoms with van der Waals surface area (Å²) in [4.78, 5) is 4.00. The van der Waals surface area contributed by atoms with Gasteiger partial charge in [0, 0.05) is 26.2 Å². The van der Waals surface area contributed by atoms with E-state index in [2.05, 4.69) is 20.3 Å². The number of H-pyrrole nitrogens is 1. The fourth-order valence-corrected chi connectivity index (χ4v) is 5.49. The second-order valence-corrected chi connectivity index (χ2v) is 10.6. The molecule has 0 unspecified atom stereocenters. The second-order valence-electron chi connectivity index (χ2n) is 10.6. The Kier molecular flexibility index (Phi) is 8.71. The number of benzene rings is 2. The van der Waals surface area contributed by atoms with Crippen LogP contribution in [0, 0.1) is 5.82 Å². The summed E-state index contributed by atoms with van der Waals surface area (Å²) >= 11 is 0. The highest BCUT2D eigenvalue weighted by molar-refractivity contribution is 5.47. The van der Waals surface area contributed by atoms with Crippen molar-refractivity contribution in [3.8, 4) is 0 Å². The lowest BCUT2D eigenvalue weighted by Crippen LogP contribution is -2.55.